The molecular weight excluding hydrogens is 534 g/mol. The average molecular weight is 569 g/mol. The lowest BCUT2D eigenvalue weighted by molar-refractivity contribution is -0.140. The van der Waals surface area contributed by atoms with Crippen LogP contribution in [0.25, 0.3) is 16.5 Å². The van der Waals surface area contributed by atoms with Crippen LogP contribution < -0.4 is 10.1 Å². The molecule has 0 unspecified atom stereocenters. The second-order valence-electron chi connectivity index (χ2n) is 11.1. The Bertz CT molecular complexity index is 1530. The van der Waals surface area contributed by atoms with Crippen molar-refractivity contribution >= 4 is 34.4 Å². The van der Waals surface area contributed by atoms with Crippen LogP contribution in [0.15, 0.2) is 42.6 Å². The summed E-state index contributed by atoms with van der Waals surface area (Å²) in [7, 11) is 3.80. The predicted octanol–water partition coefficient (Wildman–Crippen LogP) is 4.82. The van der Waals surface area contributed by atoms with E-state index in [1.807, 2.05) is 32.8 Å². The molecule has 4 rings (SSSR count). The SMILES string of the molecule is CC(C)OC(=O)C1=CN(C(=O)c2ccc(F)c(F)c2)CC(C)(C)c2c1[nH]c1cc(OC(=O)NCCN(C)C)ccc21. The monoisotopic (exact) mass is 568 g/mol. The molecule has 1 aromatic heterocycles. The summed E-state index contributed by atoms with van der Waals surface area (Å²) in [6.45, 7) is 8.45. The number of hydrogen-bond donors (Lipinski definition) is 2. The first-order valence-corrected chi connectivity index (χ1v) is 13.2. The lowest BCUT2D eigenvalue weighted by Crippen LogP contribution is -2.37. The molecule has 41 heavy (non-hydrogen) atoms. The van der Waals surface area contributed by atoms with Crippen LogP contribution in [-0.2, 0) is 14.9 Å². The lowest BCUT2D eigenvalue weighted by atomic mass is 9.81. The number of nitrogens with zero attached hydrogens (tertiary/aromatic N) is 2. The number of amides is 2. The highest BCUT2D eigenvalue weighted by Crippen LogP contribution is 2.41. The zero-order chi connectivity index (χ0) is 30.1. The van der Waals surface area contributed by atoms with E-state index in [1.165, 1.54) is 17.2 Å². The fourth-order valence-electron chi connectivity index (χ4n) is 4.80. The maximum atomic E-state index is 14.0. The smallest absolute Gasteiger partial charge is 0.412 e. The van der Waals surface area contributed by atoms with Gasteiger partial charge < -0.3 is 29.6 Å². The second kappa shape index (κ2) is 11.7. The van der Waals surface area contributed by atoms with E-state index in [-0.39, 0.29) is 17.7 Å². The minimum atomic E-state index is -1.14. The molecule has 218 valence electrons. The first-order valence-electron chi connectivity index (χ1n) is 13.2. The first kappa shape index (κ1) is 29.7. The number of aromatic amines is 1. The maximum Gasteiger partial charge on any atom is 0.412 e. The van der Waals surface area contributed by atoms with Gasteiger partial charge >= 0.3 is 12.1 Å². The molecule has 0 spiro atoms. The van der Waals surface area contributed by atoms with Gasteiger partial charge in [-0.2, -0.15) is 0 Å². The summed E-state index contributed by atoms with van der Waals surface area (Å²) in [5.74, 6) is -3.17. The lowest BCUT2D eigenvalue weighted by Gasteiger charge is -2.29. The Hall–Kier alpha value is -4.25. The Morgan fingerprint density at radius 1 is 1.10 bits per heavy atom. The molecule has 2 amide bonds. The number of ether oxygens (including phenoxy) is 2. The van der Waals surface area contributed by atoms with Crippen molar-refractivity contribution < 1.29 is 32.6 Å². The van der Waals surface area contributed by atoms with Crippen LogP contribution in [0.3, 0.4) is 0 Å². The van der Waals surface area contributed by atoms with Gasteiger partial charge in [-0.3, -0.25) is 4.79 Å². The molecule has 0 saturated heterocycles. The molecule has 3 aromatic rings. The summed E-state index contributed by atoms with van der Waals surface area (Å²) < 4.78 is 38.5. The van der Waals surface area contributed by atoms with Gasteiger partial charge in [-0.15, -0.1) is 0 Å². The van der Waals surface area contributed by atoms with Crippen molar-refractivity contribution in [2.75, 3.05) is 33.7 Å². The number of H-pyrrole nitrogens is 1. The van der Waals surface area contributed by atoms with E-state index in [9.17, 15) is 23.2 Å². The molecule has 0 saturated carbocycles. The highest BCUT2D eigenvalue weighted by Gasteiger charge is 2.38. The Kier molecular flexibility index (Phi) is 8.48. The van der Waals surface area contributed by atoms with Crippen molar-refractivity contribution in [2.45, 2.75) is 39.2 Å². The molecule has 2 heterocycles. The summed E-state index contributed by atoms with van der Waals surface area (Å²) in [6, 6.07) is 8.03. The van der Waals surface area contributed by atoms with E-state index in [0.29, 0.717) is 30.0 Å². The zero-order valence-corrected chi connectivity index (χ0v) is 23.9. The summed E-state index contributed by atoms with van der Waals surface area (Å²) in [5, 5.41) is 3.45. The molecule has 2 N–H and O–H groups in total. The minimum Gasteiger partial charge on any atom is -0.459 e. The van der Waals surface area contributed by atoms with Gasteiger partial charge in [0, 0.05) is 53.8 Å². The molecule has 0 bridgehead atoms. The van der Waals surface area contributed by atoms with Gasteiger partial charge in [0.2, 0.25) is 0 Å². The van der Waals surface area contributed by atoms with E-state index >= 15 is 0 Å². The van der Waals surface area contributed by atoms with E-state index in [4.69, 9.17) is 9.47 Å². The average Bonchev–Trinajstić information content (AvgIpc) is 3.21. The number of aromatic nitrogens is 1. The second-order valence-corrected chi connectivity index (χ2v) is 11.1. The molecule has 0 radical (unpaired) electrons. The normalized spacial score (nSPS) is 14.5. The molecule has 0 fully saturated rings. The fraction of sp³-hybridized carbons (Fsp3) is 0.367. The van der Waals surface area contributed by atoms with E-state index in [0.717, 1.165) is 23.1 Å². The Balaban J connectivity index is 1.76. The number of halogens is 2. The molecule has 9 nitrogen and oxygen atoms in total. The van der Waals surface area contributed by atoms with Gasteiger partial charge in [0.25, 0.3) is 5.91 Å². The van der Waals surface area contributed by atoms with Crippen LogP contribution in [0, 0.1) is 11.6 Å². The van der Waals surface area contributed by atoms with Crippen LogP contribution >= 0.6 is 0 Å². The quantitative estimate of drug-likeness (QED) is 0.396. The number of hydrogen-bond acceptors (Lipinski definition) is 6. The topological polar surface area (TPSA) is 104 Å². The third kappa shape index (κ3) is 6.57. The third-order valence-corrected chi connectivity index (χ3v) is 6.60. The highest BCUT2D eigenvalue weighted by molar-refractivity contribution is 6.18. The molecule has 0 atom stereocenters. The predicted molar refractivity (Wildman–Crippen MR) is 151 cm³/mol. The molecular formula is C30H34F2N4O5. The summed E-state index contributed by atoms with van der Waals surface area (Å²) >= 11 is 0. The molecule has 1 aliphatic rings. The number of likely N-dealkylation sites (N-methyl/N-ethyl adjacent to an activating group) is 1. The zero-order valence-electron chi connectivity index (χ0n) is 23.9. The van der Waals surface area contributed by atoms with Crippen LogP contribution in [0.4, 0.5) is 13.6 Å². The summed E-state index contributed by atoms with van der Waals surface area (Å²) in [4.78, 5) is 45.6. The number of esters is 1. The Labute approximate surface area is 237 Å². The Morgan fingerprint density at radius 3 is 2.49 bits per heavy atom. The number of fused-ring (bicyclic) bond motifs is 3. The number of carbonyl (C=O) groups is 3. The van der Waals surface area contributed by atoms with Crippen molar-refractivity contribution in [2.24, 2.45) is 0 Å². The number of benzene rings is 2. The molecule has 0 aliphatic carbocycles. The number of nitrogens with one attached hydrogen (secondary N) is 2. The standard InChI is InChI=1S/C30H34F2N4O5/c1-17(2)40-28(38)21-15-36(27(37)18-7-10-22(31)23(32)13-18)16-30(3,4)25-20-9-8-19(14-24(20)34-26(21)25)41-29(39)33-11-12-35(5)6/h7-10,13-15,17,34H,11-12,16H2,1-6H3,(H,33,39). The van der Waals surface area contributed by atoms with E-state index in [2.05, 4.69) is 10.3 Å². The van der Waals surface area contributed by atoms with Crippen LogP contribution in [-0.4, -0.2) is 72.6 Å². The fourth-order valence-corrected chi connectivity index (χ4v) is 4.80. The first-order chi connectivity index (χ1) is 19.3. The van der Waals surface area contributed by atoms with Gasteiger partial charge in [-0.05, 0) is 63.8 Å². The van der Waals surface area contributed by atoms with Gasteiger partial charge in [-0.25, -0.2) is 18.4 Å². The van der Waals surface area contributed by atoms with Gasteiger partial charge in [0.15, 0.2) is 11.6 Å². The van der Waals surface area contributed by atoms with Crippen molar-refractivity contribution in [3.8, 4) is 5.75 Å². The molecule has 2 aromatic carbocycles. The number of carbonyl (C=O) groups excluding carboxylic acids is 3. The van der Waals surface area contributed by atoms with E-state index < -0.39 is 41.1 Å². The largest absolute Gasteiger partial charge is 0.459 e. The third-order valence-electron chi connectivity index (χ3n) is 6.60. The molecule has 1 aliphatic heterocycles. The van der Waals surface area contributed by atoms with Crippen LogP contribution in [0.5, 0.6) is 5.75 Å². The summed E-state index contributed by atoms with van der Waals surface area (Å²) in [6.07, 6.45) is 0.355. The maximum absolute atomic E-state index is 14.0. The van der Waals surface area contributed by atoms with Crippen molar-refractivity contribution in [1.29, 1.82) is 0 Å². The Morgan fingerprint density at radius 2 is 1.83 bits per heavy atom. The van der Waals surface area contributed by atoms with Gasteiger partial charge in [-0.1, -0.05) is 13.8 Å². The van der Waals surface area contributed by atoms with Crippen molar-refractivity contribution in [3.63, 3.8) is 0 Å². The van der Waals surface area contributed by atoms with E-state index in [1.54, 1.807) is 32.0 Å². The molecule has 11 heteroatoms. The van der Waals surface area contributed by atoms with Crippen molar-refractivity contribution in [3.05, 3.63) is 71.1 Å². The van der Waals surface area contributed by atoms with Crippen molar-refractivity contribution in [1.82, 2.24) is 20.1 Å². The highest BCUT2D eigenvalue weighted by atomic mass is 19.2. The van der Waals surface area contributed by atoms with Gasteiger partial charge in [0.1, 0.15) is 5.75 Å². The minimum absolute atomic E-state index is 0.0615. The summed E-state index contributed by atoms with van der Waals surface area (Å²) in [5.41, 5.74) is 1.13. The number of rotatable bonds is 7. The van der Waals surface area contributed by atoms with Crippen LogP contribution in [0.2, 0.25) is 0 Å². The van der Waals surface area contributed by atoms with Crippen LogP contribution in [0.1, 0.15) is 49.3 Å². The van der Waals surface area contributed by atoms with Gasteiger partial charge in [0.05, 0.1) is 17.4 Å².